The van der Waals surface area contributed by atoms with Crippen LogP contribution in [0.1, 0.15) is 22.3 Å². The van der Waals surface area contributed by atoms with Crippen molar-refractivity contribution in [2.45, 2.75) is 13.3 Å². The number of nitrogens with one attached hydrogen (secondary N) is 1. The van der Waals surface area contributed by atoms with E-state index in [1.54, 1.807) is 19.1 Å². The van der Waals surface area contributed by atoms with Crippen molar-refractivity contribution in [1.82, 2.24) is 5.32 Å². The molecule has 15 heavy (non-hydrogen) atoms. The van der Waals surface area contributed by atoms with Crippen LogP contribution in [0.3, 0.4) is 0 Å². The van der Waals surface area contributed by atoms with Crippen LogP contribution in [0.2, 0.25) is 0 Å². The van der Waals surface area contributed by atoms with Gasteiger partial charge in [0.15, 0.2) is 0 Å². The molecule has 0 atom stereocenters. The zero-order chi connectivity index (χ0) is 11.3. The fraction of sp³-hybridized carbons (Fsp3) is 0.364. The monoisotopic (exact) mass is 229 g/mol. The molecule has 0 saturated heterocycles. The van der Waals surface area contributed by atoms with Gasteiger partial charge in [-0.2, -0.15) is 0 Å². The quantitative estimate of drug-likeness (QED) is 0.624. The number of hydrogen-bond donors (Lipinski definition) is 1. The van der Waals surface area contributed by atoms with Gasteiger partial charge in [0.1, 0.15) is 5.82 Å². The van der Waals surface area contributed by atoms with Crippen molar-refractivity contribution < 1.29 is 9.18 Å². The molecule has 0 aliphatic carbocycles. The van der Waals surface area contributed by atoms with Crippen LogP contribution in [-0.2, 0) is 0 Å². The second kappa shape index (κ2) is 5.71. The Morgan fingerprint density at radius 2 is 2.27 bits per heavy atom. The van der Waals surface area contributed by atoms with Gasteiger partial charge in [-0.15, -0.1) is 11.6 Å². The highest BCUT2D eigenvalue weighted by atomic mass is 35.5. The smallest absolute Gasteiger partial charge is 0.251 e. The van der Waals surface area contributed by atoms with Crippen molar-refractivity contribution in [1.29, 1.82) is 0 Å². The minimum absolute atomic E-state index is 0.265. The van der Waals surface area contributed by atoms with Crippen LogP contribution >= 0.6 is 11.6 Å². The fourth-order valence-corrected chi connectivity index (χ4v) is 1.24. The Morgan fingerprint density at radius 1 is 1.53 bits per heavy atom. The molecule has 0 aliphatic heterocycles. The summed E-state index contributed by atoms with van der Waals surface area (Å²) in [6.45, 7) is 2.17. The Balaban J connectivity index is 2.62. The molecule has 0 saturated carbocycles. The average Bonchev–Trinajstić information content (AvgIpc) is 2.22. The third-order valence-corrected chi connectivity index (χ3v) is 2.30. The number of halogens is 2. The van der Waals surface area contributed by atoms with E-state index < -0.39 is 0 Å². The van der Waals surface area contributed by atoms with Gasteiger partial charge in [-0.25, -0.2) is 4.39 Å². The van der Waals surface area contributed by atoms with Gasteiger partial charge in [-0.3, -0.25) is 4.79 Å². The van der Waals surface area contributed by atoms with Gasteiger partial charge in [0.05, 0.1) is 0 Å². The van der Waals surface area contributed by atoms with E-state index in [1.807, 2.05) is 0 Å². The summed E-state index contributed by atoms with van der Waals surface area (Å²) in [7, 11) is 0. The van der Waals surface area contributed by atoms with E-state index in [2.05, 4.69) is 5.32 Å². The van der Waals surface area contributed by atoms with Crippen LogP contribution in [0, 0.1) is 12.7 Å². The highest BCUT2D eigenvalue weighted by molar-refractivity contribution is 6.17. The van der Waals surface area contributed by atoms with E-state index in [0.717, 1.165) is 0 Å². The van der Waals surface area contributed by atoms with Crippen molar-refractivity contribution in [3.8, 4) is 0 Å². The summed E-state index contributed by atoms with van der Waals surface area (Å²) >= 11 is 5.47. The lowest BCUT2D eigenvalue weighted by Gasteiger charge is -2.04. The first-order valence-electron chi connectivity index (χ1n) is 4.75. The Kier molecular flexibility index (Phi) is 4.56. The molecule has 1 rings (SSSR count). The van der Waals surface area contributed by atoms with Crippen LogP contribution < -0.4 is 5.32 Å². The number of aryl methyl sites for hydroxylation is 1. The predicted molar refractivity (Wildman–Crippen MR) is 58.8 cm³/mol. The number of hydrogen-bond acceptors (Lipinski definition) is 1. The second-order valence-corrected chi connectivity index (χ2v) is 3.64. The minimum Gasteiger partial charge on any atom is -0.352 e. The number of rotatable bonds is 4. The van der Waals surface area contributed by atoms with E-state index in [-0.39, 0.29) is 11.7 Å². The lowest BCUT2D eigenvalue weighted by Crippen LogP contribution is -2.24. The van der Waals surface area contributed by atoms with Crippen LogP contribution in [0.15, 0.2) is 18.2 Å². The number of carbonyl (C=O) groups is 1. The van der Waals surface area contributed by atoms with Crippen molar-refractivity contribution in [3.05, 3.63) is 35.1 Å². The molecule has 0 radical (unpaired) electrons. The molecule has 82 valence electrons. The van der Waals surface area contributed by atoms with Crippen LogP contribution in [0.4, 0.5) is 4.39 Å². The predicted octanol–water partition coefficient (Wildman–Crippen LogP) is 2.49. The van der Waals surface area contributed by atoms with Crippen molar-refractivity contribution in [3.63, 3.8) is 0 Å². The SMILES string of the molecule is Cc1ccc(C(=O)NCCCCl)cc1F. The summed E-state index contributed by atoms with van der Waals surface area (Å²) in [6, 6.07) is 4.44. The summed E-state index contributed by atoms with van der Waals surface area (Å²) in [5, 5.41) is 2.66. The van der Waals surface area contributed by atoms with Crippen molar-refractivity contribution in [2.24, 2.45) is 0 Å². The van der Waals surface area contributed by atoms with Gasteiger partial charge < -0.3 is 5.32 Å². The molecule has 0 heterocycles. The minimum atomic E-state index is -0.361. The van der Waals surface area contributed by atoms with E-state index in [9.17, 15) is 9.18 Å². The molecule has 0 fully saturated rings. The Bertz CT molecular complexity index is 354. The molecule has 1 N–H and O–H groups in total. The number of benzene rings is 1. The Hall–Kier alpha value is -1.09. The summed E-state index contributed by atoms with van der Waals surface area (Å²) in [5.41, 5.74) is 0.875. The highest BCUT2D eigenvalue weighted by Crippen LogP contribution is 2.08. The molecule has 0 aliphatic rings. The lowest BCUT2D eigenvalue weighted by atomic mass is 10.1. The standard InChI is InChI=1S/C11H13ClFNO/c1-8-3-4-9(7-10(8)13)11(15)14-6-2-5-12/h3-4,7H,2,5-6H2,1H3,(H,14,15). The first kappa shape index (κ1) is 12.0. The first-order chi connectivity index (χ1) is 7.15. The first-order valence-corrected chi connectivity index (χ1v) is 5.29. The Labute approximate surface area is 93.4 Å². The van der Waals surface area contributed by atoms with Gasteiger partial charge in [-0.1, -0.05) is 6.07 Å². The summed E-state index contributed by atoms with van der Waals surface area (Å²) in [4.78, 5) is 11.5. The molecule has 0 aromatic heterocycles. The third kappa shape index (κ3) is 3.51. The number of amides is 1. The van der Waals surface area contributed by atoms with E-state index in [0.29, 0.717) is 30.0 Å². The fourth-order valence-electron chi connectivity index (χ4n) is 1.10. The molecule has 1 aromatic carbocycles. The van der Waals surface area contributed by atoms with Gasteiger partial charge >= 0.3 is 0 Å². The maximum absolute atomic E-state index is 13.1. The molecule has 0 unspecified atom stereocenters. The molecular weight excluding hydrogens is 217 g/mol. The van der Waals surface area contributed by atoms with Crippen molar-refractivity contribution in [2.75, 3.05) is 12.4 Å². The summed E-state index contributed by atoms with van der Waals surface area (Å²) in [5.74, 6) is -0.123. The zero-order valence-electron chi connectivity index (χ0n) is 8.52. The van der Waals surface area contributed by atoms with E-state index in [4.69, 9.17) is 11.6 Å². The maximum Gasteiger partial charge on any atom is 0.251 e. The Morgan fingerprint density at radius 3 is 2.87 bits per heavy atom. The van der Waals surface area contributed by atoms with Gasteiger partial charge in [-0.05, 0) is 31.0 Å². The second-order valence-electron chi connectivity index (χ2n) is 3.26. The largest absolute Gasteiger partial charge is 0.352 e. The van der Waals surface area contributed by atoms with Gasteiger partial charge in [0, 0.05) is 18.0 Å². The number of alkyl halides is 1. The van der Waals surface area contributed by atoms with Crippen LogP contribution in [-0.4, -0.2) is 18.3 Å². The molecule has 0 bridgehead atoms. The van der Waals surface area contributed by atoms with E-state index >= 15 is 0 Å². The normalized spacial score (nSPS) is 10.1. The highest BCUT2D eigenvalue weighted by Gasteiger charge is 2.06. The number of carbonyl (C=O) groups excluding carboxylic acids is 1. The van der Waals surface area contributed by atoms with Gasteiger partial charge in [0.2, 0.25) is 0 Å². The molecule has 0 spiro atoms. The van der Waals surface area contributed by atoms with Gasteiger partial charge in [0.25, 0.3) is 5.91 Å². The zero-order valence-corrected chi connectivity index (χ0v) is 9.27. The molecule has 1 amide bonds. The molecule has 1 aromatic rings. The average molecular weight is 230 g/mol. The maximum atomic E-state index is 13.1. The van der Waals surface area contributed by atoms with E-state index in [1.165, 1.54) is 6.07 Å². The summed E-state index contributed by atoms with van der Waals surface area (Å²) < 4.78 is 13.1. The van der Waals surface area contributed by atoms with Crippen molar-refractivity contribution >= 4 is 17.5 Å². The van der Waals surface area contributed by atoms with Crippen LogP contribution in [0.5, 0.6) is 0 Å². The molecule has 2 nitrogen and oxygen atoms in total. The topological polar surface area (TPSA) is 29.1 Å². The third-order valence-electron chi connectivity index (χ3n) is 2.03. The van der Waals surface area contributed by atoms with Crippen LogP contribution in [0.25, 0.3) is 0 Å². The molecular formula is C11H13ClFNO. The molecule has 4 heteroatoms. The summed E-state index contributed by atoms with van der Waals surface area (Å²) in [6.07, 6.45) is 0.710. The lowest BCUT2D eigenvalue weighted by molar-refractivity contribution is 0.0953.